The van der Waals surface area contributed by atoms with Gasteiger partial charge >= 0.3 is 0 Å². The van der Waals surface area contributed by atoms with Crippen LogP contribution in [-0.2, 0) is 17.6 Å². The van der Waals surface area contributed by atoms with Crippen LogP contribution in [0.25, 0.3) is 0 Å². The van der Waals surface area contributed by atoms with Crippen molar-refractivity contribution < 1.29 is 19.0 Å². The van der Waals surface area contributed by atoms with Crippen molar-refractivity contribution >= 4 is 17.8 Å². The number of aliphatic imine (C=N–C) groups is 1. The number of rotatable bonds is 5. The molecule has 2 aliphatic heterocycles. The summed E-state index contributed by atoms with van der Waals surface area (Å²) in [6.45, 7) is 2.35. The molecule has 0 radical (unpaired) electrons. The molecule has 3 heterocycles. The lowest BCUT2D eigenvalue weighted by atomic mass is 10.1. The van der Waals surface area contributed by atoms with Crippen molar-refractivity contribution in [2.45, 2.75) is 12.8 Å². The molecule has 0 bridgehead atoms. The maximum Gasteiger partial charge on any atom is 0.254 e. The topological polar surface area (TPSA) is 86.1 Å². The molecule has 0 aliphatic carbocycles. The summed E-state index contributed by atoms with van der Waals surface area (Å²) in [5.74, 6) is 1.73. The van der Waals surface area contributed by atoms with E-state index in [9.17, 15) is 4.79 Å². The van der Waals surface area contributed by atoms with Crippen molar-refractivity contribution in [3.05, 3.63) is 40.8 Å². The number of hydrogen-bond donors (Lipinski definition) is 0. The molecule has 28 heavy (non-hydrogen) atoms. The van der Waals surface area contributed by atoms with Gasteiger partial charge in [0.25, 0.3) is 5.91 Å². The van der Waals surface area contributed by atoms with E-state index in [0.29, 0.717) is 67.8 Å². The van der Waals surface area contributed by atoms with E-state index in [1.807, 2.05) is 12.1 Å². The van der Waals surface area contributed by atoms with Crippen LogP contribution in [0.2, 0.25) is 0 Å². The zero-order valence-corrected chi connectivity index (χ0v) is 16.0. The van der Waals surface area contributed by atoms with Crippen LogP contribution < -0.4 is 9.47 Å². The van der Waals surface area contributed by atoms with E-state index < -0.39 is 0 Å². The number of amides is 1. The van der Waals surface area contributed by atoms with Gasteiger partial charge in [-0.25, -0.2) is 4.98 Å². The Labute approximate surface area is 163 Å². The van der Waals surface area contributed by atoms with Crippen molar-refractivity contribution in [1.29, 1.82) is 0 Å². The van der Waals surface area contributed by atoms with Gasteiger partial charge in [-0.15, -0.1) is 0 Å². The van der Waals surface area contributed by atoms with Crippen LogP contribution in [0.4, 0.5) is 5.69 Å². The molecule has 1 amide bonds. The van der Waals surface area contributed by atoms with Crippen molar-refractivity contribution in [3.8, 4) is 11.6 Å². The minimum Gasteiger partial charge on any atom is -0.496 e. The summed E-state index contributed by atoms with van der Waals surface area (Å²) >= 11 is 0. The maximum atomic E-state index is 12.7. The highest BCUT2D eigenvalue weighted by Crippen LogP contribution is 2.32. The van der Waals surface area contributed by atoms with E-state index in [2.05, 4.69) is 15.0 Å². The van der Waals surface area contributed by atoms with Gasteiger partial charge in [-0.05, 0) is 12.1 Å². The quantitative estimate of drug-likeness (QED) is 0.784. The van der Waals surface area contributed by atoms with Crippen molar-refractivity contribution in [2.24, 2.45) is 4.99 Å². The molecule has 8 heteroatoms. The van der Waals surface area contributed by atoms with Gasteiger partial charge in [0.1, 0.15) is 17.3 Å². The van der Waals surface area contributed by atoms with Crippen molar-refractivity contribution in [2.75, 3.05) is 40.5 Å². The maximum absolute atomic E-state index is 12.7. The second kappa shape index (κ2) is 7.93. The van der Waals surface area contributed by atoms with Crippen LogP contribution in [0.5, 0.6) is 11.6 Å². The largest absolute Gasteiger partial charge is 0.496 e. The van der Waals surface area contributed by atoms with E-state index in [0.717, 1.165) is 11.3 Å². The summed E-state index contributed by atoms with van der Waals surface area (Å²) < 4.78 is 16.2. The van der Waals surface area contributed by atoms with Crippen LogP contribution in [0.3, 0.4) is 0 Å². The van der Waals surface area contributed by atoms with Crippen LogP contribution in [0, 0.1) is 0 Å². The van der Waals surface area contributed by atoms with Crippen LogP contribution in [-0.4, -0.2) is 67.5 Å². The molecule has 0 atom stereocenters. The molecule has 2 aromatic rings. The Bertz CT molecular complexity index is 923. The number of methoxy groups -OCH3 is 2. The molecule has 0 unspecified atom stereocenters. The van der Waals surface area contributed by atoms with Gasteiger partial charge in [0.05, 0.1) is 33.1 Å². The Morgan fingerprint density at radius 2 is 2.00 bits per heavy atom. The molecule has 1 aromatic carbocycles. The summed E-state index contributed by atoms with van der Waals surface area (Å²) in [5, 5.41) is 0. The second-order valence-electron chi connectivity index (χ2n) is 6.57. The minimum absolute atomic E-state index is 0.0132. The molecule has 1 aromatic heterocycles. The number of fused-ring (bicyclic) bond motifs is 1. The van der Waals surface area contributed by atoms with E-state index in [-0.39, 0.29) is 5.91 Å². The smallest absolute Gasteiger partial charge is 0.254 e. The van der Waals surface area contributed by atoms with Crippen LogP contribution >= 0.6 is 0 Å². The SMILES string of the molecule is COc1cc(C(=O)N2CCOCC2)ccc1Cc1nc2c(c(OC)n1)N=CC2. The molecule has 0 saturated carbocycles. The predicted octanol–water partition coefficient (Wildman–Crippen LogP) is 1.82. The molecule has 8 nitrogen and oxygen atoms in total. The average molecular weight is 382 g/mol. The lowest BCUT2D eigenvalue weighted by Gasteiger charge is -2.27. The first-order valence-electron chi connectivity index (χ1n) is 9.20. The molecule has 2 aliphatic rings. The number of hydrogen-bond acceptors (Lipinski definition) is 7. The Hall–Kier alpha value is -3.00. The lowest BCUT2D eigenvalue weighted by Crippen LogP contribution is -2.40. The first-order chi connectivity index (χ1) is 13.7. The number of benzene rings is 1. The summed E-state index contributed by atoms with van der Waals surface area (Å²) in [7, 11) is 3.17. The zero-order valence-electron chi connectivity index (χ0n) is 16.0. The fourth-order valence-electron chi connectivity index (χ4n) is 3.39. The molecule has 4 rings (SSSR count). The van der Waals surface area contributed by atoms with Gasteiger partial charge in [-0.2, -0.15) is 4.98 Å². The number of ether oxygens (including phenoxy) is 3. The number of carbonyl (C=O) groups excluding carboxylic acids is 1. The Morgan fingerprint density at radius 1 is 1.18 bits per heavy atom. The van der Waals surface area contributed by atoms with Crippen molar-refractivity contribution in [3.63, 3.8) is 0 Å². The number of morpholine rings is 1. The Kier molecular flexibility index (Phi) is 5.21. The fourth-order valence-corrected chi connectivity index (χ4v) is 3.39. The third kappa shape index (κ3) is 3.55. The van der Waals surface area contributed by atoms with Gasteiger partial charge in [-0.3, -0.25) is 9.79 Å². The number of nitrogens with zero attached hydrogens (tertiary/aromatic N) is 4. The average Bonchev–Trinajstić information content (AvgIpc) is 3.22. The summed E-state index contributed by atoms with van der Waals surface area (Å²) in [6.07, 6.45) is 2.95. The monoisotopic (exact) mass is 382 g/mol. The third-order valence-electron chi connectivity index (χ3n) is 4.85. The van der Waals surface area contributed by atoms with Gasteiger partial charge in [0.15, 0.2) is 0 Å². The van der Waals surface area contributed by atoms with Crippen LogP contribution in [0.1, 0.15) is 27.4 Å². The molecule has 1 fully saturated rings. The van der Waals surface area contributed by atoms with Gasteiger partial charge in [-0.1, -0.05) is 6.07 Å². The summed E-state index contributed by atoms with van der Waals surface area (Å²) in [5.41, 5.74) is 3.06. The highest BCUT2D eigenvalue weighted by atomic mass is 16.5. The fraction of sp³-hybridized carbons (Fsp3) is 0.400. The van der Waals surface area contributed by atoms with E-state index in [1.54, 1.807) is 31.4 Å². The van der Waals surface area contributed by atoms with Crippen molar-refractivity contribution in [1.82, 2.24) is 14.9 Å². The summed E-state index contributed by atoms with van der Waals surface area (Å²) in [4.78, 5) is 27.9. The highest BCUT2D eigenvalue weighted by Gasteiger charge is 2.21. The van der Waals surface area contributed by atoms with E-state index >= 15 is 0 Å². The molecular formula is C20H22N4O4. The van der Waals surface area contributed by atoms with E-state index in [4.69, 9.17) is 14.2 Å². The molecule has 0 spiro atoms. The molecule has 1 saturated heterocycles. The third-order valence-corrected chi connectivity index (χ3v) is 4.85. The van der Waals surface area contributed by atoms with Gasteiger partial charge < -0.3 is 19.1 Å². The summed E-state index contributed by atoms with van der Waals surface area (Å²) in [6, 6.07) is 5.50. The standard InChI is InChI=1S/C20H22N4O4/c1-26-16-11-14(20(25)24-7-9-28-10-8-24)4-3-13(16)12-17-22-15-5-6-21-18(15)19(23-17)27-2/h3-4,6,11H,5,7-10,12H2,1-2H3. The minimum atomic E-state index is -0.0132. The zero-order chi connectivity index (χ0) is 19.5. The Morgan fingerprint density at radius 3 is 2.75 bits per heavy atom. The normalized spacial score (nSPS) is 15.4. The first-order valence-corrected chi connectivity index (χ1v) is 9.20. The molecule has 146 valence electrons. The van der Waals surface area contributed by atoms with Gasteiger partial charge in [0, 0.05) is 43.3 Å². The second-order valence-corrected chi connectivity index (χ2v) is 6.57. The lowest BCUT2D eigenvalue weighted by molar-refractivity contribution is 0.0302. The van der Waals surface area contributed by atoms with E-state index in [1.165, 1.54) is 0 Å². The predicted molar refractivity (Wildman–Crippen MR) is 103 cm³/mol. The highest BCUT2D eigenvalue weighted by molar-refractivity contribution is 5.94. The van der Waals surface area contributed by atoms with Gasteiger partial charge in [0.2, 0.25) is 5.88 Å². The first kappa shape index (κ1) is 18.4. The molecule has 0 N–H and O–H groups in total. The van der Waals surface area contributed by atoms with Crippen LogP contribution in [0.15, 0.2) is 23.2 Å². The number of aromatic nitrogens is 2. The Balaban J connectivity index is 1.58. The number of carbonyl (C=O) groups is 1. The molecular weight excluding hydrogens is 360 g/mol.